The summed E-state index contributed by atoms with van der Waals surface area (Å²) in [4.78, 5) is 23.9. The Hall–Kier alpha value is -1.14. The lowest BCUT2D eigenvalue weighted by atomic mass is 10.1. The molecule has 1 saturated heterocycles. The van der Waals surface area contributed by atoms with Crippen LogP contribution in [0.2, 0.25) is 0 Å². The number of hydrogen-bond donors (Lipinski definition) is 2. The maximum absolute atomic E-state index is 11.4. The molecule has 0 bridgehead atoms. The summed E-state index contributed by atoms with van der Waals surface area (Å²) < 4.78 is 5.33. The Balaban J connectivity index is 2.49. The van der Waals surface area contributed by atoms with Crippen molar-refractivity contribution in [3.8, 4) is 0 Å². The molecule has 0 radical (unpaired) electrons. The van der Waals surface area contributed by atoms with Crippen molar-refractivity contribution in [3.05, 3.63) is 0 Å². The number of rotatable bonds is 4. The largest absolute Gasteiger partial charge is 0.481 e. The van der Waals surface area contributed by atoms with E-state index in [9.17, 15) is 9.59 Å². The average Bonchev–Trinajstić information content (AvgIpc) is 2.26. The number of morpholine rings is 1. The SMILES string of the molecule is CNC(=O)C(C)N1CCOC(CC(=O)O)C1. The van der Waals surface area contributed by atoms with E-state index >= 15 is 0 Å². The van der Waals surface area contributed by atoms with E-state index in [0.29, 0.717) is 19.7 Å². The molecule has 2 N–H and O–H groups in total. The minimum Gasteiger partial charge on any atom is -0.481 e. The molecule has 2 atom stereocenters. The predicted octanol–water partition coefficient (Wildman–Crippen LogP) is -0.704. The van der Waals surface area contributed by atoms with Crippen LogP contribution in [0.25, 0.3) is 0 Å². The molecule has 1 heterocycles. The molecule has 0 saturated carbocycles. The van der Waals surface area contributed by atoms with Gasteiger partial charge in [-0.1, -0.05) is 0 Å². The van der Waals surface area contributed by atoms with Gasteiger partial charge in [-0.25, -0.2) is 0 Å². The number of amides is 1. The van der Waals surface area contributed by atoms with E-state index in [1.807, 2.05) is 11.8 Å². The van der Waals surface area contributed by atoms with E-state index in [-0.39, 0.29) is 24.5 Å². The van der Waals surface area contributed by atoms with Gasteiger partial charge in [0.15, 0.2) is 0 Å². The van der Waals surface area contributed by atoms with Crippen LogP contribution in [-0.4, -0.2) is 60.8 Å². The topological polar surface area (TPSA) is 78.9 Å². The Labute approximate surface area is 94.6 Å². The number of carboxylic acids is 1. The minimum absolute atomic E-state index is 0.0169. The van der Waals surface area contributed by atoms with Crippen molar-refractivity contribution >= 4 is 11.9 Å². The summed E-state index contributed by atoms with van der Waals surface area (Å²) in [5.74, 6) is -0.935. The quantitative estimate of drug-likeness (QED) is 0.667. The number of likely N-dealkylation sites (N-methyl/N-ethyl adjacent to an activating group) is 1. The summed E-state index contributed by atoms with van der Waals surface area (Å²) in [7, 11) is 1.59. The fraction of sp³-hybridized carbons (Fsp3) is 0.800. The molecule has 2 unspecified atom stereocenters. The zero-order valence-electron chi connectivity index (χ0n) is 9.60. The van der Waals surface area contributed by atoms with E-state index in [1.54, 1.807) is 7.05 Å². The van der Waals surface area contributed by atoms with Crippen molar-refractivity contribution in [1.29, 1.82) is 0 Å². The summed E-state index contributed by atoms with van der Waals surface area (Å²) in [6.07, 6.45) is -0.338. The van der Waals surface area contributed by atoms with Gasteiger partial charge in [-0.05, 0) is 6.92 Å². The third-order valence-electron chi connectivity index (χ3n) is 2.75. The van der Waals surface area contributed by atoms with Crippen molar-refractivity contribution in [2.75, 3.05) is 26.7 Å². The molecule has 0 spiro atoms. The van der Waals surface area contributed by atoms with Gasteiger partial charge in [0.25, 0.3) is 0 Å². The zero-order chi connectivity index (χ0) is 12.1. The smallest absolute Gasteiger partial charge is 0.306 e. The van der Waals surface area contributed by atoms with Crippen molar-refractivity contribution in [2.24, 2.45) is 0 Å². The van der Waals surface area contributed by atoms with Crippen LogP contribution in [0.1, 0.15) is 13.3 Å². The summed E-state index contributed by atoms with van der Waals surface area (Å²) in [5, 5.41) is 11.2. The van der Waals surface area contributed by atoms with Crippen LogP contribution < -0.4 is 5.32 Å². The molecule has 1 amide bonds. The molecule has 6 heteroatoms. The fourth-order valence-corrected chi connectivity index (χ4v) is 1.79. The molecule has 1 fully saturated rings. The van der Waals surface area contributed by atoms with E-state index in [4.69, 9.17) is 9.84 Å². The standard InChI is InChI=1S/C10H18N2O4/c1-7(10(15)11-2)12-3-4-16-8(6-12)5-9(13)14/h7-8H,3-6H2,1-2H3,(H,11,15)(H,13,14). The maximum atomic E-state index is 11.4. The molecular formula is C10H18N2O4. The Morgan fingerprint density at radius 3 is 2.88 bits per heavy atom. The number of hydrogen-bond acceptors (Lipinski definition) is 4. The molecular weight excluding hydrogens is 212 g/mol. The van der Waals surface area contributed by atoms with Crippen LogP contribution in [0.3, 0.4) is 0 Å². The number of ether oxygens (including phenoxy) is 1. The van der Waals surface area contributed by atoms with Gasteiger partial charge >= 0.3 is 5.97 Å². The fourth-order valence-electron chi connectivity index (χ4n) is 1.79. The lowest BCUT2D eigenvalue weighted by molar-refractivity contribution is -0.143. The number of carbonyl (C=O) groups is 2. The summed E-state index contributed by atoms with van der Waals surface area (Å²) in [6.45, 7) is 3.42. The average molecular weight is 230 g/mol. The van der Waals surface area contributed by atoms with Gasteiger partial charge in [0.2, 0.25) is 5.91 Å². The monoisotopic (exact) mass is 230 g/mol. The normalized spacial score (nSPS) is 23.8. The first kappa shape index (κ1) is 12.9. The summed E-state index contributed by atoms with van der Waals surface area (Å²) in [5.41, 5.74) is 0. The van der Waals surface area contributed by atoms with Crippen molar-refractivity contribution in [1.82, 2.24) is 10.2 Å². The molecule has 0 aromatic rings. The van der Waals surface area contributed by atoms with E-state index in [1.165, 1.54) is 0 Å². The van der Waals surface area contributed by atoms with Gasteiger partial charge in [0.05, 0.1) is 25.2 Å². The number of carboxylic acid groups (broad SMARTS) is 1. The number of aliphatic carboxylic acids is 1. The Bertz CT molecular complexity index is 270. The van der Waals surface area contributed by atoms with E-state index in [0.717, 1.165) is 0 Å². The highest BCUT2D eigenvalue weighted by molar-refractivity contribution is 5.81. The predicted molar refractivity (Wildman–Crippen MR) is 57.1 cm³/mol. The van der Waals surface area contributed by atoms with Gasteiger partial charge in [-0.15, -0.1) is 0 Å². The van der Waals surface area contributed by atoms with Crippen molar-refractivity contribution < 1.29 is 19.4 Å². The third kappa shape index (κ3) is 3.46. The number of nitrogens with one attached hydrogen (secondary N) is 1. The molecule has 92 valence electrons. The molecule has 0 aromatic carbocycles. The number of nitrogens with zero attached hydrogens (tertiary/aromatic N) is 1. The molecule has 16 heavy (non-hydrogen) atoms. The van der Waals surface area contributed by atoms with Gasteiger partial charge in [-0.3, -0.25) is 14.5 Å². The Morgan fingerprint density at radius 2 is 2.31 bits per heavy atom. The molecule has 0 aliphatic carbocycles. The molecule has 1 rings (SSSR count). The van der Waals surface area contributed by atoms with Gasteiger partial charge in [0, 0.05) is 20.1 Å². The van der Waals surface area contributed by atoms with Crippen LogP contribution in [0.4, 0.5) is 0 Å². The minimum atomic E-state index is -0.876. The first-order chi connectivity index (χ1) is 7.54. The van der Waals surface area contributed by atoms with Crippen molar-refractivity contribution in [2.45, 2.75) is 25.5 Å². The first-order valence-corrected chi connectivity index (χ1v) is 5.33. The molecule has 6 nitrogen and oxygen atoms in total. The zero-order valence-corrected chi connectivity index (χ0v) is 9.60. The van der Waals surface area contributed by atoms with Crippen LogP contribution in [0.5, 0.6) is 0 Å². The first-order valence-electron chi connectivity index (χ1n) is 5.33. The molecule has 1 aliphatic heterocycles. The lowest BCUT2D eigenvalue weighted by Gasteiger charge is -2.35. The second-order valence-electron chi connectivity index (χ2n) is 3.88. The maximum Gasteiger partial charge on any atom is 0.306 e. The summed E-state index contributed by atoms with van der Waals surface area (Å²) >= 11 is 0. The van der Waals surface area contributed by atoms with E-state index in [2.05, 4.69) is 5.32 Å². The van der Waals surface area contributed by atoms with Crippen LogP contribution in [0, 0.1) is 0 Å². The second-order valence-corrected chi connectivity index (χ2v) is 3.88. The van der Waals surface area contributed by atoms with Crippen molar-refractivity contribution in [3.63, 3.8) is 0 Å². The Morgan fingerprint density at radius 1 is 1.62 bits per heavy atom. The third-order valence-corrected chi connectivity index (χ3v) is 2.75. The Kier molecular flexibility index (Phi) is 4.70. The van der Waals surface area contributed by atoms with Crippen LogP contribution >= 0.6 is 0 Å². The highest BCUT2D eigenvalue weighted by Gasteiger charge is 2.28. The molecule has 0 aromatic heterocycles. The second kappa shape index (κ2) is 5.81. The van der Waals surface area contributed by atoms with Gasteiger partial charge in [-0.2, -0.15) is 0 Å². The van der Waals surface area contributed by atoms with E-state index < -0.39 is 5.97 Å². The van der Waals surface area contributed by atoms with Crippen LogP contribution in [0.15, 0.2) is 0 Å². The summed E-state index contributed by atoms with van der Waals surface area (Å²) in [6, 6.07) is -0.245. The number of carbonyl (C=O) groups excluding carboxylic acids is 1. The highest BCUT2D eigenvalue weighted by Crippen LogP contribution is 2.11. The highest BCUT2D eigenvalue weighted by atomic mass is 16.5. The van der Waals surface area contributed by atoms with Gasteiger partial charge < -0.3 is 15.2 Å². The van der Waals surface area contributed by atoms with Crippen LogP contribution in [-0.2, 0) is 14.3 Å². The van der Waals surface area contributed by atoms with Gasteiger partial charge in [0.1, 0.15) is 0 Å². The lowest BCUT2D eigenvalue weighted by Crippen LogP contribution is -2.52. The molecule has 1 aliphatic rings.